The van der Waals surface area contributed by atoms with Gasteiger partial charge in [0.25, 0.3) is 0 Å². The van der Waals surface area contributed by atoms with E-state index in [9.17, 15) is 0 Å². The van der Waals surface area contributed by atoms with Gasteiger partial charge in [0.2, 0.25) is 0 Å². The van der Waals surface area contributed by atoms with E-state index in [1.807, 2.05) is 47.9 Å². The van der Waals surface area contributed by atoms with Gasteiger partial charge in [-0.3, -0.25) is 4.98 Å². The van der Waals surface area contributed by atoms with E-state index in [-0.39, 0.29) is 0 Å². The van der Waals surface area contributed by atoms with Crippen LogP contribution in [0, 0.1) is 0 Å². The number of hydrogen-bond acceptors (Lipinski definition) is 5. The predicted octanol–water partition coefficient (Wildman–Crippen LogP) is 15.3. The van der Waals surface area contributed by atoms with Gasteiger partial charge in [0, 0.05) is 70.3 Å². The van der Waals surface area contributed by atoms with Gasteiger partial charge in [-0.25, -0.2) is 9.97 Å². The maximum Gasteiger partial charge on any atom is 0.160 e. The third-order valence-electron chi connectivity index (χ3n) is 11.6. The van der Waals surface area contributed by atoms with Crippen LogP contribution in [0.4, 0.5) is 0 Å². The third-order valence-corrected chi connectivity index (χ3v) is 12.7. The van der Waals surface area contributed by atoms with E-state index in [1.54, 1.807) is 0 Å². The molecule has 5 heteroatoms. The number of thiophene rings is 1. The smallest absolute Gasteiger partial charge is 0.160 e. The van der Waals surface area contributed by atoms with E-state index in [1.165, 1.54) is 31.3 Å². The first-order valence-electron chi connectivity index (χ1n) is 20.1. The number of benzene rings is 8. The second kappa shape index (κ2) is 14.0. The summed E-state index contributed by atoms with van der Waals surface area (Å²) in [5.74, 6) is 0.673. The molecule has 0 amide bonds. The van der Waals surface area contributed by atoms with Crippen molar-refractivity contribution >= 4 is 64.4 Å². The second-order valence-electron chi connectivity index (χ2n) is 15.1. The first kappa shape index (κ1) is 34.3. The fourth-order valence-electron chi connectivity index (χ4n) is 8.63. The summed E-state index contributed by atoms with van der Waals surface area (Å²) in [6.07, 6.45) is 1.85. The average Bonchev–Trinajstić information content (AvgIpc) is 3.90. The van der Waals surface area contributed by atoms with E-state index >= 15 is 0 Å². The molecule has 0 unspecified atom stereocenters. The van der Waals surface area contributed by atoms with Crippen LogP contribution in [0.3, 0.4) is 0 Å². The Morgan fingerprint density at radius 2 is 1.03 bits per heavy atom. The number of nitrogens with zero attached hydrogens (tertiary/aromatic N) is 3. The summed E-state index contributed by atoms with van der Waals surface area (Å²) in [6, 6.07) is 68.3. The summed E-state index contributed by atoms with van der Waals surface area (Å²) in [5, 5.41) is 5.96. The van der Waals surface area contributed by atoms with Crippen molar-refractivity contribution in [3.05, 3.63) is 200 Å². The van der Waals surface area contributed by atoms with E-state index in [0.717, 1.165) is 83.2 Å². The molecular formula is C55H33N3OS. The normalized spacial score (nSPS) is 11.7. The summed E-state index contributed by atoms with van der Waals surface area (Å²) in [5.41, 5.74) is 14.1. The van der Waals surface area contributed by atoms with Gasteiger partial charge in [0.05, 0.1) is 16.9 Å². The Morgan fingerprint density at radius 3 is 1.87 bits per heavy atom. The number of pyridine rings is 1. The number of furan rings is 1. The van der Waals surface area contributed by atoms with Crippen LogP contribution in [-0.2, 0) is 0 Å². The number of para-hydroxylation sites is 2. The van der Waals surface area contributed by atoms with Gasteiger partial charge in [0.1, 0.15) is 11.2 Å². The second-order valence-corrected chi connectivity index (χ2v) is 16.2. The van der Waals surface area contributed by atoms with Crippen LogP contribution in [0.2, 0.25) is 0 Å². The fourth-order valence-corrected chi connectivity index (χ4v) is 9.77. The maximum atomic E-state index is 6.72. The molecule has 0 fully saturated rings. The van der Waals surface area contributed by atoms with Crippen molar-refractivity contribution in [3.63, 3.8) is 0 Å². The van der Waals surface area contributed by atoms with Crippen LogP contribution in [0.25, 0.3) is 120 Å². The number of rotatable bonds is 6. The Morgan fingerprint density at radius 1 is 0.400 bits per heavy atom. The highest BCUT2D eigenvalue weighted by Crippen LogP contribution is 2.44. The topological polar surface area (TPSA) is 51.8 Å². The standard InChI is InChI=1S/C55H33N3OS/c1-2-10-36(11-3-1)47-33-48(58-55(57-47)39-25-21-34(22-26-39)42-16-8-12-38-13-9-31-56-53(38)42)37-23-19-35(20-24-37)43-30-29-41(52-46-15-4-6-17-49(46)59-54(43)52)40-27-28-45-44-14-5-7-18-50(44)60-51(45)32-40/h1-33H. The average molecular weight is 784 g/mol. The molecule has 60 heavy (non-hydrogen) atoms. The van der Waals surface area contributed by atoms with E-state index in [0.29, 0.717) is 5.82 Å². The van der Waals surface area contributed by atoms with Crippen LogP contribution in [0.15, 0.2) is 205 Å². The molecule has 0 atom stereocenters. The van der Waals surface area contributed by atoms with Gasteiger partial charge < -0.3 is 4.42 Å². The van der Waals surface area contributed by atoms with Gasteiger partial charge in [0.15, 0.2) is 5.82 Å². The van der Waals surface area contributed by atoms with Crippen LogP contribution in [-0.4, -0.2) is 15.0 Å². The first-order valence-corrected chi connectivity index (χ1v) is 20.9. The SMILES string of the molecule is c1ccc(-c2cc(-c3ccc(-c4ccc(-c5ccc6c(c5)sc5ccccc56)c5c4oc4ccccc45)cc3)nc(-c3ccc(-c4cccc5cccnc45)cc3)n2)cc1. The Bertz CT molecular complexity index is 3580. The minimum absolute atomic E-state index is 0.673. The van der Waals surface area contributed by atoms with Crippen molar-refractivity contribution in [2.75, 3.05) is 0 Å². The predicted molar refractivity (Wildman–Crippen MR) is 250 cm³/mol. The van der Waals surface area contributed by atoms with Crippen LogP contribution in [0.1, 0.15) is 0 Å². The molecule has 4 heterocycles. The van der Waals surface area contributed by atoms with Gasteiger partial charge in [-0.15, -0.1) is 11.3 Å². The summed E-state index contributed by atoms with van der Waals surface area (Å²) >= 11 is 1.85. The number of hydrogen-bond donors (Lipinski definition) is 0. The quantitative estimate of drug-likeness (QED) is 0.169. The summed E-state index contributed by atoms with van der Waals surface area (Å²) in [4.78, 5) is 15.0. The lowest BCUT2D eigenvalue weighted by molar-refractivity contribution is 0.670. The van der Waals surface area contributed by atoms with Crippen LogP contribution in [0.5, 0.6) is 0 Å². The Balaban J connectivity index is 0.937. The molecule has 0 bridgehead atoms. The van der Waals surface area contributed by atoms with Gasteiger partial charge in [-0.1, -0.05) is 158 Å². The highest BCUT2D eigenvalue weighted by molar-refractivity contribution is 7.25. The van der Waals surface area contributed by atoms with E-state index < -0.39 is 0 Å². The minimum Gasteiger partial charge on any atom is -0.455 e. The molecule has 0 radical (unpaired) electrons. The van der Waals surface area contributed by atoms with Crippen molar-refractivity contribution in [2.24, 2.45) is 0 Å². The largest absolute Gasteiger partial charge is 0.455 e. The molecular weight excluding hydrogens is 751 g/mol. The highest BCUT2D eigenvalue weighted by atomic mass is 32.1. The van der Waals surface area contributed by atoms with Gasteiger partial charge in [-0.05, 0) is 58.7 Å². The summed E-state index contributed by atoms with van der Waals surface area (Å²) < 4.78 is 9.31. The lowest BCUT2D eigenvalue weighted by Crippen LogP contribution is -1.96. The Hall–Kier alpha value is -7.73. The number of aromatic nitrogens is 3. The monoisotopic (exact) mass is 783 g/mol. The van der Waals surface area contributed by atoms with Crippen molar-refractivity contribution < 1.29 is 4.42 Å². The van der Waals surface area contributed by atoms with Crippen LogP contribution < -0.4 is 0 Å². The molecule has 0 saturated carbocycles. The molecule has 280 valence electrons. The molecule has 0 aliphatic carbocycles. The van der Waals surface area contributed by atoms with Crippen molar-refractivity contribution in [1.29, 1.82) is 0 Å². The zero-order valence-corrected chi connectivity index (χ0v) is 33.0. The maximum absolute atomic E-state index is 6.72. The lowest BCUT2D eigenvalue weighted by atomic mass is 9.94. The molecule has 0 aliphatic rings. The molecule has 4 nitrogen and oxygen atoms in total. The molecule has 4 aromatic heterocycles. The first-order chi connectivity index (χ1) is 29.7. The van der Waals surface area contributed by atoms with Crippen molar-refractivity contribution in [3.8, 4) is 67.3 Å². The van der Waals surface area contributed by atoms with Gasteiger partial charge in [-0.2, -0.15) is 0 Å². The van der Waals surface area contributed by atoms with Crippen LogP contribution >= 0.6 is 11.3 Å². The zero-order chi connectivity index (χ0) is 39.6. The third kappa shape index (κ3) is 5.78. The molecule has 0 aliphatic heterocycles. The summed E-state index contributed by atoms with van der Waals surface area (Å²) in [6.45, 7) is 0. The lowest BCUT2D eigenvalue weighted by Gasteiger charge is -2.12. The van der Waals surface area contributed by atoms with E-state index in [2.05, 4.69) is 169 Å². The zero-order valence-electron chi connectivity index (χ0n) is 32.2. The molecule has 0 saturated heterocycles. The summed E-state index contributed by atoms with van der Waals surface area (Å²) in [7, 11) is 0. The molecule has 8 aromatic carbocycles. The molecule has 0 N–H and O–H groups in total. The molecule has 12 aromatic rings. The fraction of sp³-hybridized carbons (Fsp3) is 0. The van der Waals surface area contributed by atoms with Crippen molar-refractivity contribution in [1.82, 2.24) is 15.0 Å². The molecule has 0 spiro atoms. The van der Waals surface area contributed by atoms with Gasteiger partial charge >= 0.3 is 0 Å². The molecule has 12 rings (SSSR count). The minimum atomic E-state index is 0.673. The van der Waals surface area contributed by atoms with E-state index in [4.69, 9.17) is 14.4 Å². The number of fused-ring (bicyclic) bond motifs is 7. The Kier molecular flexibility index (Phi) is 8.00. The Labute approximate surface area is 349 Å². The van der Waals surface area contributed by atoms with Crippen molar-refractivity contribution in [2.45, 2.75) is 0 Å². The highest BCUT2D eigenvalue weighted by Gasteiger charge is 2.19.